The van der Waals surface area contributed by atoms with E-state index in [1.807, 2.05) is 0 Å². The highest BCUT2D eigenvalue weighted by molar-refractivity contribution is 7.45. The van der Waals surface area contributed by atoms with Gasteiger partial charge in [-0.25, -0.2) is 9.13 Å². The Labute approximate surface area is 92.2 Å². The third kappa shape index (κ3) is 151. The van der Waals surface area contributed by atoms with Crippen LogP contribution in [0.25, 0.3) is 0 Å². The number of phosphoric acid groups is 2. The van der Waals surface area contributed by atoms with Gasteiger partial charge in [-0.1, -0.05) is 12.2 Å². The van der Waals surface area contributed by atoms with E-state index in [1.165, 1.54) is 0 Å². The summed E-state index contributed by atoms with van der Waals surface area (Å²) in [4.78, 5) is 43.1. The van der Waals surface area contributed by atoms with E-state index in [-0.39, 0.29) is 6.10 Å². The van der Waals surface area contributed by atoms with Gasteiger partial charge in [0.25, 0.3) is 0 Å². The quantitative estimate of drug-likeness (QED) is 0.237. The van der Waals surface area contributed by atoms with Gasteiger partial charge in [0, 0.05) is 0 Å². The Morgan fingerprint density at radius 2 is 1.06 bits per heavy atom. The molecule has 0 aromatic carbocycles. The summed E-state index contributed by atoms with van der Waals surface area (Å²) >= 11 is 0. The molecule has 0 aliphatic carbocycles. The number of hydrogen-bond donors (Lipinski definition) is 7. The summed E-state index contributed by atoms with van der Waals surface area (Å²) in [7, 11) is -9.28. The molecule has 0 spiro atoms. The summed E-state index contributed by atoms with van der Waals surface area (Å²) in [6, 6.07) is 0. The zero-order valence-corrected chi connectivity index (χ0v) is 10.4. The predicted molar refractivity (Wildman–Crippen MR) is 55.0 cm³/mol. The lowest BCUT2D eigenvalue weighted by molar-refractivity contribution is 0.232. The third-order valence-electron chi connectivity index (χ3n) is 0.713. The van der Waals surface area contributed by atoms with Crippen LogP contribution in [0, 0.1) is 0 Å². The molecule has 0 heterocycles. The van der Waals surface area contributed by atoms with Gasteiger partial charge < -0.3 is 34.5 Å². The van der Waals surface area contributed by atoms with E-state index >= 15 is 0 Å². The molecule has 7 N–H and O–H groups in total. The lowest BCUT2D eigenvalue weighted by atomic mass is 10.2. The SMILES string of the molecule is C=C(C)C(C)O.O=P(O)(O)O.O=P(O)(O)O. The Kier molecular flexibility index (Phi) is 11.9. The van der Waals surface area contributed by atoms with Crippen LogP contribution in [0.3, 0.4) is 0 Å². The van der Waals surface area contributed by atoms with Crippen molar-refractivity contribution in [1.29, 1.82) is 0 Å². The largest absolute Gasteiger partial charge is 0.466 e. The number of aliphatic hydroxyl groups excluding tert-OH is 1. The molecule has 0 aromatic heterocycles. The molecule has 0 bridgehead atoms. The van der Waals surface area contributed by atoms with Crippen molar-refractivity contribution in [3.05, 3.63) is 12.2 Å². The second-order valence-electron chi connectivity index (χ2n) is 2.55. The van der Waals surface area contributed by atoms with Gasteiger partial charge in [0.15, 0.2) is 0 Å². The minimum atomic E-state index is -4.64. The van der Waals surface area contributed by atoms with E-state index in [2.05, 4.69) is 6.58 Å². The van der Waals surface area contributed by atoms with Gasteiger partial charge in [-0.3, -0.25) is 0 Å². The first-order chi connectivity index (χ1) is 6.64. The minimum absolute atomic E-state index is 0.343. The van der Waals surface area contributed by atoms with Crippen molar-refractivity contribution >= 4 is 15.6 Å². The molecule has 1 atom stereocenters. The fourth-order valence-electron chi connectivity index (χ4n) is 0. The fraction of sp³-hybridized carbons (Fsp3) is 0.600. The van der Waals surface area contributed by atoms with E-state index < -0.39 is 15.6 Å². The Bertz CT molecular complexity index is 237. The second kappa shape index (κ2) is 9.00. The average molecular weight is 282 g/mol. The molecule has 0 rings (SSSR count). The fourth-order valence-corrected chi connectivity index (χ4v) is 0. The molecule has 0 radical (unpaired) electrons. The van der Waals surface area contributed by atoms with E-state index in [1.54, 1.807) is 13.8 Å². The maximum Gasteiger partial charge on any atom is 0.466 e. The maximum absolute atomic E-state index is 8.88. The number of rotatable bonds is 1. The lowest BCUT2D eigenvalue weighted by Gasteiger charge is -1.97. The smallest absolute Gasteiger partial charge is 0.389 e. The number of hydrogen-bond acceptors (Lipinski definition) is 3. The average Bonchev–Trinajstić information content (AvgIpc) is 1.77. The van der Waals surface area contributed by atoms with Crippen molar-refractivity contribution < 1.29 is 43.6 Å². The molecule has 0 aliphatic rings. The van der Waals surface area contributed by atoms with Gasteiger partial charge in [0.05, 0.1) is 6.10 Å². The topological polar surface area (TPSA) is 176 Å². The van der Waals surface area contributed by atoms with Crippen LogP contribution in [0.1, 0.15) is 13.8 Å². The zero-order chi connectivity index (χ0) is 14.2. The van der Waals surface area contributed by atoms with Gasteiger partial charge in [-0.15, -0.1) is 0 Å². The molecule has 100 valence electrons. The summed E-state index contributed by atoms with van der Waals surface area (Å²) in [5.74, 6) is 0. The highest BCUT2D eigenvalue weighted by atomic mass is 31.2. The van der Waals surface area contributed by atoms with Crippen molar-refractivity contribution in [1.82, 2.24) is 0 Å². The molecule has 9 nitrogen and oxygen atoms in total. The minimum Gasteiger partial charge on any atom is -0.389 e. The molecule has 0 saturated carbocycles. The normalized spacial score (nSPS) is 12.6. The molecule has 0 amide bonds. The van der Waals surface area contributed by atoms with Gasteiger partial charge in [-0.2, -0.15) is 0 Å². The van der Waals surface area contributed by atoms with E-state index in [9.17, 15) is 0 Å². The Hall–Kier alpha value is -0.0800. The van der Waals surface area contributed by atoms with Gasteiger partial charge >= 0.3 is 15.6 Å². The van der Waals surface area contributed by atoms with Crippen LogP contribution in [0.5, 0.6) is 0 Å². The molecule has 0 saturated heterocycles. The van der Waals surface area contributed by atoms with Gasteiger partial charge in [0.1, 0.15) is 0 Å². The first kappa shape index (κ1) is 21.2. The highest BCUT2D eigenvalue weighted by Gasteiger charge is 2.00. The molecule has 11 heteroatoms. The highest BCUT2D eigenvalue weighted by Crippen LogP contribution is 2.26. The van der Waals surface area contributed by atoms with E-state index in [0.29, 0.717) is 0 Å². The molecular weight excluding hydrogens is 266 g/mol. The van der Waals surface area contributed by atoms with E-state index in [4.69, 9.17) is 43.6 Å². The van der Waals surface area contributed by atoms with Crippen molar-refractivity contribution in [3.63, 3.8) is 0 Å². The molecule has 16 heavy (non-hydrogen) atoms. The monoisotopic (exact) mass is 282 g/mol. The van der Waals surface area contributed by atoms with Crippen LogP contribution in [-0.2, 0) is 9.13 Å². The van der Waals surface area contributed by atoms with Crippen molar-refractivity contribution in [2.75, 3.05) is 0 Å². The lowest BCUT2D eigenvalue weighted by Crippen LogP contribution is -1.97. The summed E-state index contributed by atoms with van der Waals surface area (Å²) in [6.45, 7) is 7.00. The van der Waals surface area contributed by atoms with Crippen LogP contribution < -0.4 is 0 Å². The summed E-state index contributed by atoms with van der Waals surface area (Å²) in [6.07, 6.45) is -0.343. The predicted octanol–water partition coefficient (Wildman–Crippen LogP) is -0.914. The Morgan fingerprint density at radius 3 is 1.06 bits per heavy atom. The second-order valence-corrected chi connectivity index (χ2v) is 4.60. The van der Waals surface area contributed by atoms with Crippen LogP contribution >= 0.6 is 15.6 Å². The van der Waals surface area contributed by atoms with Crippen molar-refractivity contribution in [2.24, 2.45) is 0 Å². The standard InChI is InChI=1S/C5H10O.2H3O4P/c1-4(2)5(3)6;2*1-5(2,3)4/h5-6H,1H2,2-3H3;2*(H3,1,2,3,4). The van der Waals surface area contributed by atoms with Crippen LogP contribution in [0.4, 0.5) is 0 Å². The molecule has 1 unspecified atom stereocenters. The Balaban J connectivity index is -0.000000160. The van der Waals surface area contributed by atoms with Crippen molar-refractivity contribution in [2.45, 2.75) is 20.0 Å². The summed E-state index contributed by atoms with van der Waals surface area (Å²) in [5, 5.41) is 8.53. The van der Waals surface area contributed by atoms with Crippen LogP contribution in [0.15, 0.2) is 12.2 Å². The maximum atomic E-state index is 8.88. The molecule has 0 fully saturated rings. The summed E-state index contributed by atoms with van der Waals surface area (Å²) < 4.78 is 17.8. The zero-order valence-electron chi connectivity index (χ0n) is 8.63. The van der Waals surface area contributed by atoms with Crippen molar-refractivity contribution in [3.8, 4) is 0 Å². The molecule has 0 aliphatic heterocycles. The van der Waals surface area contributed by atoms with Crippen LogP contribution in [0.2, 0.25) is 0 Å². The Morgan fingerprint density at radius 1 is 1.00 bits per heavy atom. The first-order valence-corrected chi connectivity index (χ1v) is 6.67. The number of aliphatic hydroxyl groups is 1. The molecular formula is C5H16O9P2. The van der Waals surface area contributed by atoms with Crippen LogP contribution in [-0.4, -0.2) is 40.6 Å². The molecule has 0 aromatic rings. The van der Waals surface area contributed by atoms with Gasteiger partial charge in [-0.05, 0) is 13.8 Å². The third-order valence-corrected chi connectivity index (χ3v) is 0.713. The van der Waals surface area contributed by atoms with E-state index in [0.717, 1.165) is 5.57 Å². The first-order valence-electron chi connectivity index (χ1n) is 3.54. The summed E-state index contributed by atoms with van der Waals surface area (Å²) in [5.41, 5.74) is 0.815. The van der Waals surface area contributed by atoms with Gasteiger partial charge in [0.2, 0.25) is 0 Å².